The monoisotopic (exact) mass is 257 g/mol. The summed E-state index contributed by atoms with van der Waals surface area (Å²) in [6, 6.07) is 1.87. The maximum absolute atomic E-state index is 11.5. The highest BCUT2D eigenvalue weighted by Gasteiger charge is 2.30. The number of aryl methyl sites for hydroxylation is 2. The van der Waals surface area contributed by atoms with E-state index in [0.29, 0.717) is 5.95 Å². The van der Waals surface area contributed by atoms with Crippen LogP contribution in [0, 0.1) is 13.8 Å². The van der Waals surface area contributed by atoms with Crippen molar-refractivity contribution in [3.05, 3.63) is 17.5 Å². The highest BCUT2D eigenvalue weighted by Crippen LogP contribution is 2.15. The SMILES string of the molecule is Cc1cc(C)nc(NCC(C)(C)S(C)(=O)=O)n1. The molecule has 1 heterocycles. The summed E-state index contributed by atoms with van der Waals surface area (Å²) in [6.45, 7) is 7.40. The molecule has 0 fully saturated rings. The molecule has 17 heavy (non-hydrogen) atoms. The van der Waals surface area contributed by atoms with Crippen molar-refractivity contribution in [2.75, 3.05) is 18.1 Å². The van der Waals surface area contributed by atoms with Crippen molar-refractivity contribution in [3.63, 3.8) is 0 Å². The summed E-state index contributed by atoms with van der Waals surface area (Å²) in [4.78, 5) is 8.40. The minimum atomic E-state index is -3.11. The Morgan fingerprint density at radius 3 is 2.12 bits per heavy atom. The molecule has 0 aliphatic rings. The summed E-state index contributed by atoms with van der Waals surface area (Å²) in [5.41, 5.74) is 1.72. The Bertz CT molecular complexity index is 489. The van der Waals surface area contributed by atoms with Gasteiger partial charge in [0.05, 0.1) is 4.75 Å². The fourth-order valence-electron chi connectivity index (χ4n) is 1.23. The predicted molar refractivity (Wildman–Crippen MR) is 68.9 cm³/mol. The topological polar surface area (TPSA) is 72.0 Å². The van der Waals surface area contributed by atoms with Gasteiger partial charge in [-0.05, 0) is 33.8 Å². The van der Waals surface area contributed by atoms with Crippen LogP contribution in [-0.4, -0.2) is 35.9 Å². The van der Waals surface area contributed by atoms with Crippen molar-refractivity contribution < 1.29 is 8.42 Å². The van der Waals surface area contributed by atoms with Crippen LogP contribution in [0.25, 0.3) is 0 Å². The van der Waals surface area contributed by atoms with E-state index in [1.807, 2.05) is 19.9 Å². The third-order valence-corrected chi connectivity index (χ3v) is 4.81. The van der Waals surface area contributed by atoms with E-state index in [2.05, 4.69) is 15.3 Å². The summed E-state index contributed by atoms with van der Waals surface area (Å²) >= 11 is 0. The predicted octanol–water partition coefficient (Wildman–Crippen LogP) is 1.33. The molecule has 1 aromatic heterocycles. The maximum Gasteiger partial charge on any atom is 0.223 e. The number of aromatic nitrogens is 2. The molecular weight excluding hydrogens is 238 g/mol. The van der Waals surface area contributed by atoms with Gasteiger partial charge in [-0.3, -0.25) is 0 Å². The quantitative estimate of drug-likeness (QED) is 0.881. The van der Waals surface area contributed by atoms with Crippen molar-refractivity contribution in [3.8, 4) is 0 Å². The first kappa shape index (κ1) is 13.9. The smallest absolute Gasteiger partial charge is 0.223 e. The summed E-state index contributed by atoms with van der Waals surface area (Å²) in [5.74, 6) is 0.472. The van der Waals surface area contributed by atoms with Gasteiger partial charge >= 0.3 is 0 Å². The third kappa shape index (κ3) is 3.66. The standard InChI is InChI=1S/C11H19N3O2S/c1-8-6-9(2)14-10(13-8)12-7-11(3,4)17(5,15)16/h6H,7H2,1-5H3,(H,12,13,14). The van der Waals surface area contributed by atoms with E-state index in [-0.39, 0.29) is 6.54 Å². The fourth-order valence-corrected chi connectivity index (χ4v) is 1.56. The molecule has 1 N–H and O–H groups in total. The Labute approximate surface area is 103 Å². The second-order valence-electron chi connectivity index (χ2n) is 4.86. The van der Waals surface area contributed by atoms with E-state index < -0.39 is 14.6 Å². The van der Waals surface area contributed by atoms with Crippen LogP contribution in [0.1, 0.15) is 25.2 Å². The molecule has 0 saturated heterocycles. The molecule has 0 bridgehead atoms. The Morgan fingerprint density at radius 1 is 1.24 bits per heavy atom. The van der Waals surface area contributed by atoms with Crippen molar-refractivity contribution in [2.45, 2.75) is 32.4 Å². The van der Waals surface area contributed by atoms with Crippen LogP contribution >= 0.6 is 0 Å². The number of rotatable bonds is 4. The molecule has 1 rings (SSSR count). The minimum absolute atomic E-state index is 0.286. The molecular formula is C11H19N3O2S. The summed E-state index contributed by atoms with van der Waals surface area (Å²) in [7, 11) is -3.11. The van der Waals surface area contributed by atoms with Crippen LogP contribution in [0.4, 0.5) is 5.95 Å². The van der Waals surface area contributed by atoms with Gasteiger partial charge in [0.25, 0.3) is 0 Å². The van der Waals surface area contributed by atoms with Crippen molar-refractivity contribution in [1.82, 2.24) is 9.97 Å². The number of anilines is 1. The first-order valence-corrected chi connectivity index (χ1v) is 7.27. The van der Waals surface area contributed by atoms with Gasteiger partial charge in [0.1, 0.15) is 0 Å². The number of nitrogens with one attached hydrogen (secondary N) is 1. The highest BCUT2D eigenvalue weighted by atomic mass is 32.2. The van der Waals surface area contributed by atoms with Crippen LogP contribution < -0.4 is 5.32 Å². The van der Waals surface area contributed by atoms with Crippen LogP contribution in [0.3, 0.4) is 0 Å². The molecule has 0 radical (unpaired) electrons. The lowest BCUT2D eigenvalue weighted by Crippen LogP contribution is -2.38. The van der Waals surface area contributed by atoms with Crippen LogP contribution in [-0.2, 0) is 9.84 Å². The molecule has 0 aromatic carbocycles. The Morgan fingerprint density at radius 2 is 1.71 bits per heavy atom. The molecule has 5 nitrogen and oxygen atoms in total. The number of nitrogens with zero attached hydrogens (tertiary/aromatic N) is 2. The zero-order chi connectivity index (χ0) is 13.3. The van der Waals surface area contributed by atoms with Gasteiger partial charge in [-0.25, -0.2) is 18.4 Å². The van der Waals surface area contributed by atoms with Crippen molar-refractivity contribution in [1.29, 1.82) is 0 Å². The zero-order valence-corrected chi connectivity index (χ0v) is 11.7. The van der Waals surface area contributed by atoms with Gasteiger partial charge in [-0.2, -0.15) is 0 Å². The van der Waals surface area contributed by atoms with E-state index >= 15 is 0 Å². The molecule has 6 heteroatoms. The van der Waals surface area contributed by atoms with Crippen LogP contribution in [0.5, 0.6) is 0 Å². The molecule has 1 aromatic rings. The highest BCUT2D eigenvalue weighted by molar-refractivity contribution is 7.92. The van der Waals surface area contributed by atoms with Crippen molar-refractivity contribution >= 4 is 15.8 Å². The average Bonchev–Trinajstić information content (AvgIpc) is 2.11. The number of hydrogen-bond acceptors (Lipinski definition) is 5. The lowest BCUT2D eigenvalue weighted by Gasteiger charge is -2.22. The lowest BCUT2D eigenvalue weighted by atomic mass is 10.2. The number of hydrogen-bond donors (Lipinski definition) is 1. The zero-order valence-electron chi connectivity index (χ0n) is 10.9. The van der Waals surface area contributed by atoms with Gasteiger partial charge in [-0.15, -0.1) is 0 Å². The second kappa shape index (κ2) is 4.60. The largest absolute Gasteiger partial charge is 0.353 e. The first-order chi connectivity index (χ1) is 7.62. The van der Waals surface area contributed by atoms with E-state index in [1.165, 1.54) is 6.26 Å². The van der Waals surface area contributed by atoms with E-state index in [4.69, 9.17) is 0 Å². The molecule has 0 unspecified atom stereocenters. The minimum Gasteiger partial charge on any atom is -0.353 e. The summed E-state index contributed by atoms with van der Waals surface area (Å²) < 4.78 is 22.2. The van der Waals surface area contributed by atoms with Gasteiger partial charge in [0.2, 0.25) is 5.95 Å². The van der Waals surface area contributed by atoms with E-state index in [0.717, 1.165) is 11.4 Å². The molecule has 0 saturated carbocycles. The third-order valence-electron chi connectivity index (χ3n) is 2.66. The fraction of sp³-hybridized carbons (Fsp3) is 0.636. The summed E-state index contributed by atoms with van der Waals surface area (Å²) in [5, 5.41) is 2.97. The van der Waals surface area contributed by atoms with Gasteiger partial charge in [0.15, 0.2) is 9.84 Å². The Hall–Kier alpha value is -1.17. The van der Waals surface area contributed by atoms with Crippen LogP contribution in [0.15, 0.2) is 6.07 Å². The Kier molecular flexibility index (Phi) is 3.76. The van der Waals surface area contributed by atoms with E-state index in [9.17, 15) is 8.42 Å². The molecule has 0 aliphatic carbocycles. The lowest BCUT2D eigenvalue weighted by molar-refractivity contribution is 0.559. The molecule has 96 valence electrons. The van der Waals surface area contributed by atoms with Crippen molar-refractivity contribution in [2.24, 2.45) is 0 Å². The molecule has 0 spiro atoms. The van der Waals surface area contributed by atoms with Gasteiger partial charge in [-0.1, -0.05) is 0 Å². The molecule has 0 aliphatic heterocycles. The van der Waals surface area contributed by atoms with E-state index in [1.54, 1.807) is 13.8 Å². The average molecular weight is 257 g/mol. The van der Waals surface area contributed by atoms with Gasteiger partial charge in [0, 0.05) is 24.2 Å². The second-order valence-corrected chi connectivity index (χ2v) is 7.51. The van der Waals surface area contributed by atoms with Crippen LogP contribution in [0.2, 0.25) is 0 Å². The Balaban J connectivity index is 2.81. The molecule has 0 amide bonds. The first-order valence-electron chi connectivity index (χ1n) is 5.37. The maximum atomic E-state index is 11.5. The number of sulfone groups is 1. The van der Waals surface area contributed by atoms with Gasteiger partial charge < -0.3 is 5.32 Å². The summed E-state index contributed by atoms with van der Waals surface area (Å²) in [6.07, 6.45) is 1.23. The normalized spacial score (nSPS) is 12.5. The molecule has 0 atom stereocenters.